The third-order valence-electron chi connectivity index (χ3n) is 3.46. The van der Waals surface area contributed by atoms with E-state index in [1.54, 1.807) is 0 Å². The Balaban J connectivity index is 0.000000705. The molecule has 0 aromatic heterocycles. The SMILES string of the molecule is Cc1cc(N=C(N)N)cc(C)c1OCCN1CCOCC1.O=[N+]([O-])O. The summed E-state index contributed by atoms with van der Waals surface area (Å²) in [5.41, 5.74) is 13.6. The van der Waals surface area contributed by atoms with Crippen molar-refractivity contribution in [1.29, 1.82) is 0 Å². The Morgan fingerprint density at radius 3 is 2.36 bits per heavy atom. The van der Waals surface area contributed by atoms with Crippen molar-refractivity contribution in [3.8, 4) is 5.75 Å². The van der Waals surface area contributed by atoms with Gasteiger partial charge in [0.05, 0.1) is 18.9 Å². The zero-order valence-corrected chi connectivity index (χ0v) is 14.5. The van der Waals surface area contributed by atoms with Gasteiger partial charge in [-0.25, -0.2) is 4.99 Å². The van der Waals surface area contributed by atoms with Crippen molar-refractivity contribution in [1.82, 2.24) is 4.90 Å². The van der Waals surface area contributed by atoms with Crippen LogP contribution in [0.5, 0.6) is 5.75 Å². The molecule has 0 amide bonds. The minimum atomic E-state index is -1.50. The fourth-order valence-electron chi connectivity index (χ4n) is 2.47. The van der Waals surface area contributed by atoms with Crippen LogP contribution in [0.15, 0.2) is 17.1 Å². The number of rotatable bonds is 5. The summed E-state index contributed by atoms with van der Waals surface area (Å²) in [7, 11) is 0. The largest absolute Gasteiger partial charge is 0.492 e. The molecule has 1 aliphatic heterocycles. The molecule has 0 spiro atoms. The van der Waals surface area contributed by atoms with Crippen LogP contribution in [0, 0.1) is 24.0 Å². The first-order valence-electron chi connectivity index (χ1n) is 7.76. The van der Waals surface area contributed by atoms with E-state index in [9.17, 15) is 0 Å². The van der Waals surface area contributed by atoms with Gasteiger partial charge in [-0.05, 0) is 37.1 Å². The molecule has 1 aromatic carbocycles. The van der Waals surface area contributed by atoms with Crippen LogP contribution in [-0.4, -0.2) is 60.6 Å². The highest BCUT2D eigenvalue weighted by Gasteiger charge is 2.11. The second kappa shape index (κ2) is 10.3. The van der Waals surface area contributed by atoms with E-state index in [0.717, 1.165) is 55.4 Å². The van der Waals surface area contributed by atoms with Gasteiger partial charge in [0.2, 0.25) is 0 Å². The van der Waals surface area contributed by atoms with Crippen molar-refractivity contribution in [2.75, 3.05) is 39.5 Å². The van der Waals surface area contributed by atoms with Crippen molar-refractivity contribution in [2.45, 2.75) is 13.8 Å². The van der Waals surface area contributed by atoms with Gasteiger partial charge in [0.15, 0.2) is 5.96 Å². The Kier molecular flexibility index (Phi) is 8.44. The van der Waals surface area contributed by atoms with Crippen LogP contribution in [0.1, 0.15) is 11.1 Å². The highest BCUT2D eigenvalue weighted by molar-refractivity contribution is 5.79. The predicted octanol–water partition coefficient (Wildman–Crippen LogP) is 0.572. The second-order valence-corrected chi connectivity index (χ2v) is 5.49. The molecule has 0 radical (unpaired) electrons. The fraction of sp³-hybridized carbons (Fsp3) is 0.533. The normalized spacial score (nSPS) is 14.2. The van der Waals surface area contributed by atoms with E-state index in [4.69, 9.17) is 36.3 Å². The van der Waals surface area contributed by atoms with Crippen LogP contribution < -0.4 is 16.2 Å². The summed E-state index contributed by atoms with van der Waals surface area (Å²) < 4.78 is 11.3. The number of benzene rings is 1. The van der Waals surface area contributed by atoms with Crippen molar-refractivity contribution >= 4 is 11.6 Å². The average Bonchev–Trinajstić information content (AvgIpc) is 2.50. The third kappa shape index (κ3) is 8.18. The molecule has 10 nitrogen and oxygen atoms in total. The van der Waals surface area contributed by atoms with E-state index >= 15 is 0 Å². The maximum absolute atomic E-state index is 8.36. The lowest BCUT2D eigenvalue weighted by Crippen LogP contribution is -2.38. The first-order valence-corrected chi connectivity index (χ1v) is 7.76. The van der Waals surface area contributed by atoms with Gasteiger partial charge < -0.3 is 26.1 Å². The molecule has 10 heteroatoms. The maximum atomic E-state index is 8.36. The van der Waals surface area contributed by atoms with Crippen LogP contribution in [0.2, 0.25) is 0 Å². The lowest BCUT2D eigenvalue weighted by Gasteiger charge is -2.26. The zero-order chi connectivity index (χ0) is 18.8. The molecule has 1 saturated heterocycles. The number of hydrogen-bond donors (Lipinski definition) is 3. The van der Waals surface area contributed by atoms with E-state index in [-0.39, 0.29) is 5.96 Å². The highest BCUT2D eigenvalue weighted by Crippen LogP contribution is 2.28. The number of hydrogen-bond acceptors (Lipinski definition) is 6. The molecule has 140 valence electrons. The van der Waals surface area contributed by atoms with Crippen LogP contribution in [-0.2, 0) is 4.74 Å². The smallest absolute Gasteiger partial charge is 0.291 e. The second-order valence-electron chi connectivity index (χ2n) is 5.49. The number of morpholine rings is 1. The molecule has 0 bridgehead atoms. The number of nitrogens with zero attached hydrogens (tertiary/aromatic N) is 3. The van der Waals surface area contributed by atoms with Crippen molar-refractivity contribution < 1.29 is 19.8 Å². The van der Waals surface area contributed by atoms with Crippen LogP contribution in [0.4, 0.5) is 5.69 Å². The molecule has 1 fully saturated rings. The molecular weight excluding hydrogens is 330 g/mol. The maximum Gasteiger partial charge on any atom is 0.291 e. The first kappa shape index (κ1) is 20.5. The molecule has 1 aromatic rings. The Labute approximate surface area is 146 Å². The summed E-state index contributed by atoms with van der Waals surface area (Å²) in [6.07, 6.45) is 0. The van der Waals surface area contributed by atoms with E-state index in [0.29, 0.717) is 6.61 Å². The predicted molar refractivity (Wildman–Crippen MR) is 92.9 cm³/mol. The number of aryl methyl sites for hydroxylation is 2. The van der Waals surface area contributed by atoms with Crippen molar-refractivity contribution in [3.63, 3.8) is 0 Å². The van der Waals surface area contributed by atoms with Crippen molar-refractivity contribution in [3.05, 3.63) is 33.4 Å². The third-order valence-corrected chi connectivity index (χ3v) is 3.46. The number of nitrogens with two attached hydrogens (primary N) is 2. The summed E-state index contributed by atoms with van der Waals surface area (Å²) in [6, 6.07) is 3.85. The first-order chi connectivity index (χ1) is 11.8. The molecule has 2 rings (SSSR count). The monoisotopic (exact) mass is 355 g/mol. The van der Waals surface area contributed by atoms with Gasteiger partial charge in [-0.1, -0.05) is 0 Å². The molecular formula is C15H25N5O5. The van der Waals surface area contributed by atoms with Gasteiger partial charge in [-0.2, -0.15) is 0 Å². The lowest BCUT2D eigenvalue weighted by atomic mass is 10.1. The molecule has 5 N–H and O–H groups in total. The number of guanidine groups is 1. The Morgan fingerprint density at radius 1 is 1.36 bits per heavy atom. The van der Waals surface area contributed by atoms with E-state index in [1.807, 2.05) is 26.0 Å². The Hall–Kier alpha value is -2.59. The van der Waals surface area contributed by atoms with Crippen LogP contribution in [0.25, 0.3) is 0 Å². The van der Waals surface area contributed by atoms with Crippen LogP contribution in [0.3, 0.4) is 0 Å². The fourth-order valence-corrected chi connectivity index (χ4v) is 2.47. The summed E-state index contributed by atoms with van der Waals surface area (Å²) in [4.78, 5) is 14.8. The van der Waals surface area contributed by atoms with E-state index in [2.05, 4.69) is 9.89 Å². The Morgan fingerprint density at radius 2 is 1.88 bits per heavy atom. The minimum Gasteiger partial charge on any atom is -0.492 e. The summed E-state index contributed by atoms with van der Waals surface area (Å²) in [5.74, 6) is 0.979. The van der Waals surface area contributed by atoms with Gasteiger partial charge in [-0.3, -0.25) is 4.90 Å². The minimum absolute atomic E-state index is 0.0646. The van der Waals surface area contributed by atoms with Gasteiger partial charge in [-0.15, -0.1) is 10.1 Å². The molecule has 0 atom stereocenters. The van der Waals surface area contributed by atoms with Gasteiger partial charge in [0.25, 0.3) is 5.09 Å². The molecule has 1 heterocycles. The summed E-state index contributed by atoms with van der Waals surface area (Å²) in [5, 5.41) is 13.6. The molecule has 25 heavy (non-hydrogen) atoms. The quantitative estimate of drug-likeness (QED) is 0.300. The summed E-state index contributed by atoms with van der Waals surface area (Å²) >= 11 is 0. The lowest BCUT2D eigenvalue weighted by molar-refractivity contribution is -0.742. The number of ether oxygens (including phenoxy) is 2. The van der Waals surface area contributed by atoms with Gasteiger partial charge in [0.1, 0.15) is 12.4 Å². The summed E-state index contributed by atoms with van der Waals surface area (Å²) in [6.45, 7) is 9.17. The topological polar surface area (TPSA) is 149 Å². The molecule has 0 unspecified atom stereocenters. The van der Waals surface area contributed by atoms with E-state index < -0.39 is 5.09 Å². The van der Waals surface area contributed by atoms with E-state index in [1.165, 1.54) is 0 Å². The highest BCUT2D eigenvalue weighted by atomic mass is 16.9. The molecule has 1 aliphatic rings. The van der Waals surface area contributed by atoms with Crippen LogP contribution >= 0.6 is 0 Å². The molecule has 0 saturated carbocycles. The number of aliphatic imine (C=N–C) groups is 1. The van der Waals surface area contributed by atoms with Gasteiger partial charge in [0, 0.05) is 19.6 Å². The standard InChI is InChI=1S/C15H24N4O2.HNO3/c1-11-9-13(18-15(16)17)10-12(2)14(11)21-8-5-19-3-6-20-7-4-19;2-1(3)4/h9-10H,3-8H2,1-2H3,(H4,16,17,18);(H,2,3,4). The van der Waals surface area contributed by atoms with Crippen molar-refractivity contribution in [2.24, 2.45) is 16.5 Å². The Bertz CT molecular complexity index is 571. The van der Waals surface area contributed by atoms with Gasteiger partial charge >= 0.3 is 0 Å². The zero-order valence-electron chi connectivity index (χ0n) is 14.5. The molecule has 0 aliphatic carbocycles. The average molecular weight is 355 g/mol.